The van der Waals surface area contributed by atoms with Crippen molar-refractivity contribution in [2.45, 2.75) is 13.5 Å². The number of hydrogen-bond donors (Lipinski definition) is 2. The predicted octanol–water partition coefficient (Wildman–Crippen LogP) is 4.74. The van der Waals surface area contributed by atoms with E-state index in [0.29, 0.717) is 17.3 Å². The number of halogens is 2. The van der Waals surface area contributed by atoms with Gasteiger partial charge in [-0.3, -0.25) is 0 Å². The minimum atomic E-state index is 0.267. The first kappa shape index (κ1) is 15.0. The molecule has 0 heterocycles. The molecule has 0 amide bonds. The third kappa shape index (κ3) is 3.38. The van der Waals surface area contributed by atoms with Gasteiger partial charge in [0.2, 0.25) is 0 Å². The van der Waals surface area contributed by atoms with E-state index in [1.165, 1.54) is 0 Å². The Kier molecular flexibility index (Phi) is 4.78. The minimum absolute atomic E-state index is 0.267. The van der Waals surface area contributed by atoms with Gasteiger partial charge in [0.05, 0.1) is 17.3 Å². The summed E-state index contributed by atoms with van der Waals surface area (Å²) in [6.07, 6.45) is 0. The summed E-state index contributed by atoms with van der Waals surface area (Å²) in [6, 6.07) is 9.06. The third-order valence-corrected chi connectivity index (χ3v) is 3.72. The third-order valence-electron chi connectivity index (χ3n) is 2.92. The zero-order valence-electron chi connectivity index (χ0n) is 11.2. The maximum atomic E-state index is 9.84. The van der Waals surface area contributed by atoms with Gasteiger partial charge in [0.15, 0.2) is 5.75 Å². The van der Waals surface area contributed by atoms with Crippen molar-refractivity contribution >= 4 is 33.2 Å². The van der Waals surface area contributed by atoms with Gasteiger partial charge in [-0.15, -0.1) is 0 Å². The lowest BCUT2D eigenvalue weighted by atomic mass is 10.1. The standard InChI is InChI=1S/C15H15BrClNO2/c1-9-3-4-14(19)10(5-9)8-18-13-7-11(17)6-12(16)15(13)20-2/h3-7,18-19H,8H2,1-2H3. The summed E-state index contributed by atoms with van der Waals surface area (Å²) in [5.41, 5.74) is 2.69. The largest absolute Gasteiger partial charge is 0.508 e. The second-order valence-electron chi connectivity index (χ2n) is 4.45. The van der Waals surface area contributed by atoms with Crippen LogP contribution in [0.2, 0.25) is 5.02 Å². The Morgan fingerprint density at radius 1 is 1.30 bits per heavy atom. The molecule has 0 radical (unpaired) electrons. The summed E-state index contributed by atoms with van der Waals surface area (Å²) >= 11 is 9.45. The lowest BCUT2D eigenvalue weighted by molar-refractivity contribution is 0.413. The fraction of sp³-hybridized carbons (Fsp3) is 0.200. The summed E-state index contributed by atoms with van der Waals surface area (Å²) in [4.78, 5) is 0. The maximum absolute atomic E-state index is 9.84. The van der Waals surface area contributed by atoms with Crippen LogP contribution in [-0.4, -0.2) is 12.2 Å². The molecule has 0 saturated heterocycles. The van der Waals surface area contributed by atoms with Crippen LogP contribution in [0, 0.1) is 6.92 Å². The van der Waals surface area contributed by atoms with Crippen LogP contribution < -0.4 is 10.1 Å². The van der Waals surface area contributed by atoms with E-state index in [9.17, 15) is 5.11 Å². The van der Waals surface area contributed by atoms with Crippen molar-refractivity contribution in [3.8, 4) is 11.5 Å². The summed E-state index contributed by atoms with van der Waals surface area (Å²) in [5.74, 6) is 0.949. The number of phenolic OH excluding ortho intramolecular Hbond substituents is 1. The lowest BCUT2D eigenvalue weighted by Gasteiger charge is -2.14. The average Bonchev–Trinajstić information content (AvgIpc) is 2.39. The van der Waals surface area contributed by atoms with Gasteiger partial charge in [-0.25, -0.2) is 0 Å². The van der Waals surface area contributed by atoms with Gasteiger partial charge in [0, 0.05) is 17.1 Å². The van der Waals surface area contributed by atoms with Gasteiger partial charge in [-0.05, 0) is 41.1 Å². The molecule has 0 unspecified atom stereocenters. The number of aromatic hydroxyl groups is 1. The van der Waals surface area contributed by atoms with Crippen LogP contribution >= 0.6 is 27.5 Å². The van der Waals surface area contributed by atoms with Crippen LogP contribution in [0.4, 0.5) is 5.69 Å². The highest BCUT2D eigenvalue weighted by Gasteiger charge is 2.10. The topological polar surface area (TPSA) is 41.5 Å². The molecule has 0 aromatic heterocycles. The van der Waals surface area contributed by atoms with Gasteiger partial charge in [-0.1, -0.05) is 29.3 Å². The maximum Gasteiger partial charge on any atom is 0.156 e. The molecule has 2 aromatic carbocycles. The Morgan fingerprint density at radius 3 is 2.75 bits per heavy atom. The molecule has 0 aliphatic rings. The Labute approximate surface area is 131 Å². The number of rotatable bonds is 4. The van der Waals surface area contributed by atoms with Crippen LogP contribution in [0.15, 0.2) is 34.8 Å². The first-order valence-electron chi connectivity index (χ1n) is 6.06. The smallest absolute Gasteiger partial charge is 0.156 e. The molecule has 0 fully saturated rings. The van der Waals surface area contributed by atoms with E-state index in [-0.39, 0.29) is 5.75 Å². The summed E-state index contributed by atoms with van der Waals surface area (Å²) in [5, 5.41) is 13.7. The summed E-state index contributed by atoms with van der Waals surface area (Å²) in [6.45, 7) is 2.47. The van der Waals surface area contributed by atoms with Crippen molar-refractivity contribution in [1.29, 1.82) is 0 Å². The van der Waals surface area contributed by atoms with E-state index in [4.69, 9.17) is 16.3 Å². The highest BCUT2D eigenvalue weighted by Crippen LogP contribution is 2.36. The molecule has 20 heavy (non-hydrogen) atoms. The molecule has 2 aromatic rings. The highest BCUT2D eigenvalue weighted by molar-refractivity contribution is 9.10. The van der Waals surface area contributed by atoms with E-state index >= 15 is 0 Å². The van der Waals surface area contributed by atoms with Crippen molar-refractivity contribution in [2.24, 2.45) is 0 Å². The molecule has 106 valence electrons. The monoisotopic (exact) mass is 355 g/mol. The van der Waals surface area contributed by atoms with Crippen molar-refractivity contribution in [2.75, 3.05) is 12.4 Å². The first-order valence-corrected chi connectivity index (χ1v) is 7.23. The van der Waals surface area contributed by atoms with Crippen molar-refractivity contribution < 1.29 is 9.84 Å². The second-order valence-corrected chi connectivity index (χ2v) is 5.74. The second kappa shape index (κ2) is 6.37. The van der Waals surface area contributed by atoms with E-state index in [1.807, 2.05) is 19.1 Å². The van der Waals surface area contributed by atoms with Crippen molar-refractivity contribution in [1.82, 2.24) is 0 Å². The molecule has 0 spiro atoms. The van der Waals surface area contributed by atoms with Gasteiger partial charge in [-0.2, -0.15) is 0 Å². The SMILES string of the molecule is COc1c(Br)cc(Cl)cc1NCc1cc(C)ccc1O. The number of aryl methyl sites for hydroxylation is 1. The number of hydrogen-bond acceptors (Lipinski definition) is 3. The van der Waals surface area contributed by atoms with Crippen LogP contribution in [0.1, 0.15) is 11.1 Å². The van der Waals surface area contributed by atoms with Gasteiger partial charge >= 0.3 is 0 Å². The van der Waals surface area contributed by atoms with Crippen molar-refractivity contribution in [3.05, 3.63) is 51.0 Å². The normalized spacial score (nSPS) is 10.4. The molecule has 2 rings (SSSR count). The van der Waals surface area contributed by atoms with Gasteiger partial charge in [0.1, 0.15) is 5.75 Å². The van der Waals surface area contributed by atoms with Crippen LogP contribution in [0.25, 0.3) is 0 Å². The number of anilines is 1. The molecule has 0 saturated carbocycles. The van der Waals surface area contributed by atoms with E-state index in [2.05, 4.69) is 21.2 Å². The molecule has 2 N–H and O–H groups in total. The van der Waals surface area contributed by atoms with E-state index < -0.39 is 0 Å². The molecule has 0 atom stereocenters. The summed E-state index contributed by atoms with van der Waals surface area (Å²) in [7, 11) is 1.60. The number of benzene rings is 2. The van der Waals surface area contributed by atoms with Crippen LogP contribution in [-0.2, 0) is 6.54 Å². The molecule has 0 aliphatic heterocycles. The van der Waals surface area contributed by atoms with Gasteiger partial charge < -0.3 is 15.2 Å². The Bertz CT molecular complexity index is 632. The molecular formula is C15H15BrClNO2. The number of nitrogens with one attached hydrogen (secondary N) is 1. The van der Waals surface area contributed by atoms with Gasteiger partial charge in [0.25, 0.3) is 0 Å². The predicted molar refractivity (Wildman–Crippen MR) is 85.9 cm³/mol. The molecule has 0 aliphatic carbocycles. The zero-order chi connectivity index (χ0) is 14.7. The zero-order valence-corrected chi connectivity index (χ0v) is 13.5. The summed E-state index contributed by atoms with van der Waals surface area (Å²) < 4.78 is 6.12. The van der Waals surface area contributed by atoms with E-state index in [1.54, 1.807) is 25.3 Å². The van der Waals surface area contributed by atoms with Crippen molar-refractivity contribution in [3.63, 3.8) is 0 Å². The van der Waals surface area contributed by atoms with Crippen LogP contribution in [0.5, 0.6) is 11.5 Å². The fourth-order valence-electron chi connectivity index (χ4n) is 1.95. The highest BCUT2D eigenvalue weighted by atomic mass is 79.9. The molecule has 3 nitrogen and oxygen atoms in total. The Hall–Kier alpha value is -1.39. The Morgan fingerprint density at radius 2 is 2.05 bits per heavy atom. The fourth-order valence-corrected chi connectivity index (χ4v) is 2.92. The number of ether oxygens (including phenoxy) is 1. The van der Waals surface area contributed by atoms with E-state index in [0.717, 1.165) is 21.3 Å². The molecular weight excluding hydrogens is 342 g/mol. The van der Waals surface area contributed by atoms with Crippen LogP contribution in [0.3, 0.4) is 0 Å². The quantitative estimate of drug-likeness (QED) is 0.831. The average molecular weight is 357 g/mol. The number of methoxy groups -OCH3 is 1. The Balaban J connectivity index is 2.24. The molecule has 0 bridgehead atoms. The first-order chi connectivity index (χ1) is 9.51. The number of phenols is 1. The molecule has 5 heteroatoms. The minimum Gasteiger partial charge on any atom is -0.508 e. The lowest BCUT2D eigenvalue weighted by Crippen LogP contribution is -2.02.